The van der Waals surface area contributed by atoms with E-state index in [0.717, 1.165) is 16.3 Å². The van der Waals surface area contributed by atoms with Gasteiger partial charge in [0.05, 0.1) is 25.4 Å². The van der Waals surface area contributed by atoms with Gasteiger partial charge in [0.15, 0.2) is 0 Å². The number of nitrogens with two attached hydrogens (primary N) is 1. The van der Waals surface area contributed by atoms with Crippen molar-refractivity contribution in [3.8, 4) is 0 Å². The van der Waals surface area contributed by atoms with Crippen LogP contribution >= 0.6 is 0 Å². The molecule has 0 aliphatic rings. The van der Waals surface area contributed by atoms with Gasteiger partial charge in [-0.05, 0) is 19.1 Å². The van der Waals surface area contributed by atoms with Gasteiger partial charge < -0.3 is 14.9 Å². The molecule has 1 aromatic carbocycles. The average Bonchev–Trinajstić information content (AvgIpc) is 3.00. The Balaban J connectivity index is 2.24. The summed E-state index contributed by atoms with van der Waals surface area (Å²) < 4.78 is 12.0. The maximum atomic E-state index is 11.6. The summed E-state index contributed by atoms with van der Waals surface area (Å²) in [5, 5.41) is 6.15. The third-order valence-corrected chi connectivity index (χ3v) is 3.15. The number of furan rings is 1. The number of nitrogens with zero attached hydrogens (tertiary/aromatic N) is 2. The molecule has 0 radical (unpaired) electrons. The largest absolute Gasteiger partial charge is 0.463 e. The molecule has 1 unspecified atom stereocenters. The molecule has 1 atom stereocenters. The van der Waals surface area contributed by atoms with E-state index >= 15 is 0 Å². The Kier molecular flexibility index (Phi) is 2.94. The Hall–Kier alpha value is -2.34. The number of hydrogen-bond donors (Lipinski definition) is 1. The van der Waals surface area contributed by atoms with Crippen molar-refractivity contribution in [3.05, 3.63) is 30.2 Å². The van der Waals surface area contributed by atoms with Gasteiger partial charge in [0, 0.05) is 22.9 Å². The van der Waals surface area contributed by atoms with Gasteiger partial charge in [-0.15, -0.1) is 0 Å². The summed E-state index contributed by atoms with van der Waals surface area (Å²) >= 11 is 0. The Morgan fingerprint density at radius 2 is 2.35 bits per heavy atom. The van der Waals surface area contributed by atoms with Gasteiger partial charge >= 0.3 is 5.97 Å². The van der Waals surface area contributed by atoms with Crippen LogP contribution in [-0.4, -0.2) is 28.9 Å². The van der Waals surface area contributed by atoms with Crippen molar-refractivity contribution in [2.24, 2.45) is 5.73 Å². The SMILES string of the molecule is COC(=O)c1cc2c(ccc3cnn(CC(C)N)c32)o1. The molecule has 104 valence electrons. The van der Waals surface area contributed by atoms with Crippen LogP contribution in [0.3, 0.4) is 0 Å². The van der Waals surface area contributed by atoms with Gasteiger partial charge in [-0.25, -0.2) is 4.79 Å². The van der Waals surface area contributed by atoms with Crippen molar-refractivity contribution < 1.29 is 13.9 Å². The van der Waals surface area contributed by atoms with Gasteiger partial charge in [0.2, 0.25) is 5.76 Å². The van der Waals surface area contributed by atoms with E-state index in [1.807, 2.05) is 23.7 Å². The number of benzene rings is 1. The highest BCUT2D eigenvalue weighted by molar-refractivity contribution is 6.06. The third-order valence-electron chi connectivity index (χ3n) is 3.15. The zero-order valence-electron chi connectivity index (χ0n) is 11.3. The topological polar surface area (TPSA) is 83.3 Å². The monoisotopic (exact) mass is 273 g/mol. The first kappa shape index (κ1) is 12.7. The number of aromatic nitrogens is 2. The first-order chi connectivity index (χ1) is 9.60. The summed E-state index contributed by atoms with van der Waals surface area (Å²) in [6.45, 7) is 2.52. The fourth-order valence-electron chi connectivity index (χ4n) is 2.31. The lowest BCUT2D eigenvalue weighted by atomic mass is 10.2. The van der Waals surface area contributed by atoms with Crippen molar-refractivity contribution in [1.29, 1.82) is 0 Å². The molecule has 6 nitrogen and oxygen atoms in total. The van der Waals surface area contributed by atoms with Crippen LogP contribution in [0.5, 0.6) is 0 Å². The summed E-state index contributed by atoms with van der Waals surface area (Å²) in [5.41, 5.74) is 7.38. The summed E-state index contributed by atoms with van der Waals surface area (Å²) in [7, 11) is 1.32. The number of hydrogen-bond acceptors (Lipinski definition) is 5. The predicted molar refractivity (Wildman–Crippen MR) is 74.5 cm³/mol. The molecule has 0 spiro atoms. The predicted octanol–water partition coefficient (Wildman–Crippen LogP) is 1.92. The number of carbonyl (C=O) groups is 1. The molecule has 0 saturated heterocycles. The second kappa shape index (κ2) is 4.64. The van der Waals surface area contributed by atoms with Gasteiger partial charge in [-0.1, -0.05) is 0 Å². The van der Waals surface area contributed by atoms with Crippen molar-refractivity contribution in [1.82, 2.24) is 9.78 Å². The number of fused-ring (bicyclic) bond motifs is 3. The minimum absolute atomic E-state index is 0.0136. The van der Waals surface area contributed by atoms with E-state index in [2.05, 4.69) is 9.84 Å². The number of methoxy groups -OCH3 is 1. The first-order valence-electron chi connectivity index (χ1n) is 6.32. The van der Waals surface area contributed by atoms with Gasteiger partial charge in [0.1, 0.15) is 5.58 Å². The van der Waals surface area contributed by atoms with E-state index in [0.29, 0.717) is 12.1 Å². The normalized spacial score (nSPS) is 12.9. The Morgan fingerprint density at radius 1 is 1.55 bits per heavy atom. The highest BCUT2D eigenvalue weighted by atomic mass is 16.5. The number of carbonyl (C=O) groups excluding carboxylic acids is 1. The molecule has 0 fully saturated rings. The molecule has 0 bridgehead atoms. The summed E-state index contributed by atoms with van der Waals surface area (Å²) in [4.78, 5) is 11.6. The second-order valence-electron chi connectivity index (χ2n) is 4.82. The standard InChI is InChI=1S/C14H15N3O3/c1-8(15)7-17-13-9(6-16-17)3-4-11-10(13)5-12(20-11)14(18)19-2/h3-6,8H,7,15H2,1-2H3. The fourth-order valence-corrected chi connectivity index (χ4v) is 2.31. The molecule has 0 saturated carbocycles. The van der Waals surface area contributed by atoms with Crippen molar-refractivity contribution >= 4 is 27.8 Å². The highest BCUT2D eigenvalue weighted by Gasteiger charge is 2.16. The van der Waals surface area contributed by atoms with Crippen LogP contribution in [0.2, 0.25) is 0 Å². The summed E-state index contributed by atoms with van der Waals surface area (Å²) in [5.74, 6) is -0.309. The Labute approximate surface area is 115 Å². The van der Waals surface area contributed by atoms with Crippen molar-refractivity contribution in [2.75, 3.05) is 7.11 Å². The lowest BCUT2D eigenvalue weighted by Crippen LogP contribution is -2.22. The Morgan fingerprint density at radius 3 is 3.05 bits per heavy atom. The smallest absolute Gasteiger partial charge is 0.373 e. The third kappa shape index (κ3) is 1.94. The van der Waals surface area contributed by atoms with Crippen LogP contribution < -0.4 is 5.73 Å². The molecule has 0 aliphatic heterocycles. The molecule has 2 heterocycles. The van der Waals surface area contributed by atoms with Crippen LogP contribution in [-0.2, 0) is 11.3 Å². The molecule has 6 heteroatoms. The average molecular weight is 273 g/mol. The van der Waals surface area contributed by atoms with E-state index in [9.17, 15) is 4.79 Å². The van der Waals surface area contributed by atoms with Crippen LogP contribution in [0, 0.1) is 0 Å². The summed E-state index contributed by atoms with van der Waals surface area (Å²) in [6, 6.07) is 5.40. The van der Waals surface area contributed by atoms with Crippen molar-refractivity contribution in [3.63, 3.8) is 0 Å². The quantitative estimate of drug-likeness (QED) is 0.737. The molecule has 20 heavy (non-hydrogen) atoms. The molecule has 0 amide bonds. The number of rotatable bonds is 3. The van der Waals surface area contributed by atoms with E-state index in [1.54, 1.807) is 12.3 Å². The van der Waals surface area contributed by atoms with Crippen LogP contribution in [0.25, 0.3) is 21.9 Å². The van der Waals surface area contributed by atoms with Crippen LogP contribution in [0.15, 0.2) is 28.8 Å². The van der Waals surface area contributed by atoms with Gasteiger partial charge in [0.25, 0.3) is 0 Å². The van der Waals surface area contributed by atoms with Crippen molar-refractivity contribution in [2.45, 2.75) is 19.5 Å². The lowest BCUT2D eigenvalue weighted by molar-refractivity contribution is 0.0567. The molecule has 2 N–H and O–H groups in total. The Bertz CT molecular complexity index is 786. The molecular weight excluding hydrogens is 258 g/mol. The first-order valence-corrected chi connectivity index (χ1v) is 6.32. The number of esters is 1. The molecule has 3 rings (SSSR count). The van der Waals surface area contributed by atoms with E-state index < -0.39 is 5.97 Å². The molecular formula is C14H15N3O3. The second-order valence-corrected chi connectivity index (χ2v) is 4.82. The minimum Gasteiger partial charge on any atom is -0.463 e. The minimum atomic E-state index is -0.493. The van der Waals surface area contributed by atoms with Crippen LogP contribution in [0.4, 0.5) is 0 Å². The van der Waals surface area contributed by atoms with Crippen LogP contribution in [0.1, 0.15) is 17.5 Å². The van der Waals surface area contributed by atoms with E-state index in [-0.39, 0.29) is 11.8 Å². The summed E-state index contributed by atoms with van der Waals surface area (Å²) in [6.07, 6.45) is 1.78. The van der Waals surface area contributed by atoms with E-state index in [4.69, 9.17) is 10.2 Å². The highest BCUT2D eigenvalue weighted by Crippen LogP contribution is 2.28. The fraction of sp³-hybridized carbons (Fsp3) is 0.286. The maximum absolute atomic E-state index is 11.6. The number of ether oxygens (including phenoxy) is 1. The maximum Gasteiger partial charge on any atom is 0.373 e. The van der Waals surface area contributed by atoms with Gasteiger partial charge in [-0.2, -0.15) is 5.10 Å². The zero-order chi connectivity index (χ0) is 14.3. The molecule has 0 aliphatic carbocycles. The molecule has 3 aromatic rings. The molecule has 2 aromatic heterocycles. The lowest BCUT2D eigenvalue weighted by Gasteiger charge is -2.06. The van der Waals surface area contributed by atoms with Gasteiger partial charge in [-0.3, -0.25) is 4.68 Å². The van der Waals surface area contributed by atoms with E-state index in [1.165, 1.54) is 7.11 Å². The zero-order valence-corrected chi connectivity index (χ0v) is 11.3.